The van der Waals surface area contributed by atoms with Crippen molar-refractivity contribution in [3.05, 3.63) is 41.8 Å². The van der Waals surface area contributed by atoms with Crippen LogP contribution in [0, 0.1) is 12.7 Å². The van der Waals surface area contributed by atoms with Gasteiger partial charge in [-0.3, -0.25) is 4.79 Å². The second kappa shape index (κ2) is 8.04. The van der Waals surface area contributed by atoms with Crippen LogP contribution in [-0.4, -0.2) is 39.8 Å². The van der Waals surface area contributed by atoms with Gasteiger partial charge in [0, 0.05) is 12.8 Å². The van der Waals surface area contributed by atoms with Crippen molar-refractivity contribution in [2.45, 2.75) is 25.9 Å². The topological polar surface area (TPSA) is 115 Å². The van der Waals surface area contributed by atoms with Crippen LogP contribution in [0.3, 0.4) is 0 Å². The van der Waals surface area contributed by atoms with E-state index in [1.807, 2.05) is 0 Å². The highest BCUT2D eigenvalue weighted by Crippen LogP contribution is 2.13. The smallest absolute Gasteiger partial charge is 0.346 e. The van der Waals surface area contributed by atoms with E-state index < -0.39 is 17.9 Å². The Bertz CT molecular complexity index is 701. The lowest BCUT2D eigenvalue weighted by Gasteiger charge is -2.15. The average molecular weight is 337 g/mol. The number of aliphatic carboxylic acids is 1. The zero-order chi connectivity index (χ0) is 17.5. The fourth-order valence-corrected chi connectivity index (χ4v) is 1.81. The summed E-state index contributed by atoms with van der Waals surface area (Å²) in [6, 6.07) is 4.93. The van der Waals surface area contributed by atoms with Crippen LogP contribution in [0.4, 0.5) is 4.39 Å². The van der Waals surface area contributed by atoms with Gasteiger partial charge in [-0.05, 0) is 31.2 Å². The normalized spacial score (nSPS) is 11.8. The molecule has 8 nitrogen and oxygen atoms in total. The van der Waals surface area contributed by atoms with E-state index in [2.05, 4.69) is 15.5 Å². The first-order valence-corrected chi connectivity index (χ1v) is 7.15. The van der Waals surface area contributed by atoms with Crippen molar-refractivity contribution in [1.29, 1.82) is 0 Å². The number of ether oxygens (including phenoxy) is 1. The van der Waals surface area contributed by atoms with E-state index in [9.17, 15) is 14.0 Å². The van der Waals surface area contributed by atoms with Crippen molar-refractivity contribution >= 4 is 11.9 Å². The molecule has 0 spiro atoms. The summed E-state index contributed by atoms with van der Waals surface area (Å²) in [4.78, 5) is 26.9. The number of halogens is 1. The molecule has 2 N–H and O–H groups in total. The Morgan fingerprint density at radius 2 is 2.08 bits per heavy atom. The summed E-state index contributed by atoms with van der Waals surface area (Å²) in [6.45, 7) is 1.44. The SMILES string of the molecule is Cc1noc(CCC(=O)NCC(Oc2ccc(F)cc2)C(=O)O)n1. The summed E-state index contributed by atoms with van der Waals surface area (Å²) in [5.41, 5.74) is 0. The first-order valence-electron chi connectivity index (χ1n) is 7.15. The molecule has 2 aromatic rings. The Balaban J connectivity index is 1.81. The molecule has 1 unspecified atom stereocenters. The second-order valence-electron chi connectivity index (χ2n) is 4.94. The van der Waals surface area contributed by atoms with Gasteiger partial charge < -0.3 is 19.7 Å². The number of nitrogens with zero attached hydrogens (tertiary/aromatic N) is 2. The summed E-state index contributed by atoms with van der Waals surface area (Å²) in [6.07, 6.45) is -0.960. The molecule has 0 aliphatic heterocycles. The number of hydrogen-bond acceptors (Lipinski definition) is 6. The van der Waals surface area contributed by atoms with Crippen molar-refractivity contribution < 1.29 is 28.3 Å². The van der Waals surface area contributed by atoms with Gasteiger partial charge in [-0.25, -0.2) is 9.18 Å². The maximum atomic E-state index is 12.8. The van der Waals surface area contributed by atoms with Crippen molar-refractivity contribution in [3.8, 4) is 5.75 Å². The summed E-state index contributed by atoms with van der Waals surface area (Å²) in [5.74, 6) is -1.07. The van der Waals surface area contributed by atoms with E-state index in [0.29, 0.717) is 11.7 Å². The molecule has 2 rings (SSSR count). The fraction of sp³-hybridized carbons (Fsp3) is 0.333. The number of aryl methyl sites for hydroxylation is 2. The molecule has 1 amide bonds. The number of nitrogens with one attached hydrogen (secondary N) is 1. The molecule has 0 aliphatic carbocycles. The Hall–Kier alpha value is -2.97. The van der Waals surface area contributed by atoms with E-state index in [-0.39, 0.29) is 31.0 Å². The average Bonchev–Trinajstić information content (AvgIpc) is 2.96. The van der Waals surface area contributed by atoms with Crippen molar-refractivity contribution in [3.63, 3.8) is 0 Å². The Kier molecular flexibility index (Phi) is 5.83. The Labute approximate surface area is 136 Å². The maximum Gasteiger partial charge on any atom is 0.346 e. The third kappa shape index (κ3) is 5.34. The molecule has 0 fully saturated rings. The predicted molar refractivity (Wildman–Crippen MR) is 78.8 cm³/mol. The molecule has 1 heterocycles. The highest BCUT2D eigenvalue weighted by molar-refractivity contribution is 5.78. The lowest BCUT2D eigenvalue weighted by atomic mass is 10.2. The Morgan fingerprint density at radius 1 is 1.38 bits per heavy atom. The van der Waals surface area contributed by atoms with Crippen molar-refractivity contribution in [2.75, 3.05) is 6.54 Å². The van der Waals surface area contributed by atoms with Crippen LogP contribution in [-0.2, 0) is 16.0 Å². The molecular weight excluding hydrogens is 321 g/mol. The molecular formula is C15H16FN3O5. The third-order valence-electron chi connectivity index (χ3n) is 2.99. The minimum Gasteiger partial charge on any atom is -0.478 e. The van der Waals surface area contributed by atoms with Gasteiger partial charge in [-0.1, -0.05) is 5.16 Å². The van der Waals surface area contributed by atoms with Gasteiger partial charge in [-0.2, -0.15) is 4.98 Å². The number of aromatic nitrogens is 2. The highest BCUT2D eigenvalue weighted by atomic mass is 19.1. The van der Waals surface area contributed by atoms with Gasteiger partial charge in [-0.15, -0.1) is 0 Å². The van der Waals surface area contributed by atoms with E-state index in [1.54, 1.807) is 6.92 Å². The molecule has 0 saturated heterocycles. The first kappa shape index (κ1) is 17.4. The summed E-state index contributed by atoms with van der Waals surface area (Å²) in [7, 11) is 0. The molecule has 9 heteroatoms. The zero-order valence-electron chi connectivity index (χ0n) is 12.9. The molecule has 1 aromatic carbocycles. The summed E-state index contributed by atoms with van der Waals surface area (Å²) in [5, 5.41) is 15.2. The van der Waals surface area contributed by atoms with E-state index in [4.69, 9.17) is 14.4 Å². The monoisotopic (exact) mass is 337 g/mol. The number of benzene rings is 1. The third-order valence-corrected chi connectivity index (χ3v) is 2.99. The quantitative estimate of drug-likeness (QED) is 0.741. The number of carbonyl (C=O) groups excluding carboxylic acids is 1. The zero-order valence-corrected chi connectivity index (χ0v) is 12.9. The number of carboxylic acid groups (broad SMARTS) is 1. The molecule has 24 heavy (non-hydrogen) atoms. The lowest BCUT2D eigenvalue weighted by Crippen LogP contribution is -2.40. The van der Waals surface area contributed by atoms with E-state index in [0.717, 1.165) is 12.1 Å². The minimum atomic E-state index is -1.29. The van der Waals surface area contributed by atoms with Crippen LogP contribution in [0.1, 0.15) is 18.1 Å². The predicted octanol–water partition coefficient (Wildman–Crippen LogP) is 1.10. The van der Waals surface area contributed by atoms with Gasteiger partial charge >= 0.3 is 5.97 Å². The minimum absolute atomic E-state index is 0.0739. The van der Waals surface area contributed by atoms with Crippen molar-refractivity contribution in [1.82, 2.24) is 15.5 Å². The van der Waals surface area contributed by atoms with Crippen LogP contribution in [0.15, 0.2) is 28.8 Å². The summed E-state index contributed by atoms with van der Waals surface area (Å²) < 4.78 is 22.9. The largest absolute Gasteiger partial charge is 0.478 e. The molecule has 1 atom stereocenters. The van der Waals surface area contributed by atoms with Gasteiger partial charge in [0.05, 0.1) is 6.54 Å². The van der Waals surface area contributed by atoms with Gasteiger partial charge in [0.15, 0.2) is 5.82 Å². The number of hydrogen-bond donors (Lipinski definition) is 2. The van der Waals surface area contributed by atoms with Crippen LogP contribution >= 0.6 is 0 Å². The van der Waals surface area contributed by atoms with Crippen LogP contribution in [0.2, 0.25) is 0 Å². The molecule has 0 radical (unpaired) electrons. The van der Waals surface area contributed by atoms with Gasteiger partial charge in [0.1, 0.15) is 11.6 Å². The van der Waals surface area contributed by atoms with Gasteiger partial charge in [0.25, 0.3) is 0 Å². The van der Waals surface area contributed by atoms with Crippen molar-refractivity contribution in [2.24, 2.45) is 0 Å². The number of carbonyl (C=O) groups is 2. The van der Waals surface area contributed by atoms with Crippen LogP contribution < -0.4 is 10.1 Å². The summed E-state index contributed by atoms with van der Waals surface area (Å²) >= 11 is 0. The second-order valence-corrected chi connectivity index (χ2v) is 4.94. The molecule has 1 aromatic heterocycles. The maximum absolute atomic E-state index is 12.8. The number of carboxylic acids is 1. The number of rotatable bonds is 8. The Morgan fingerprint density at radius 3 is 2.67 bits per heavy atom. The standard InChI is InChI=1S/C15H16FN3O5/c1-9-18-14(24-19-9)7-6-13(20)17-8-12(15(21)22)23-11-4-2-10(16)3-5-11/h2-5,12H,6-8H2,1H3,(H,17,20)(H,21,22). The van der Waals surface area contributed by atoms with Gasteiger partial charge in [0.2, 0.25) is 17.9 Å². The highest BCUT2D eigenvalue weighted by Gasteiger charge is 2.20. The van der Waals surface area contributed by atoms with Crippen LogP contribution in [0.25, 0.3) is 0 Å². The molecule has 0 bridgehead atoms. The van der Waals surface area contributed by atoms with Crippen LogP contribution in [0.5, 0.6) is 5.75 Å². The molecule has 128 valence electrons. The molecule has 0 saturated carbocycles. The van der Waals surface area contributed by atoms with E-state index in [1.165, 1.54) is 12.1 Å². The number of amides is 1. The van der Waals surface area contributed by atoms with E-state index >= 15 is 0 Å². The molecule has 0 aliphatic rings. The first-order chi connectivity index (χ1) is 11.4. The lowest BCUT2D eigenvalue weighted by molar-refractivity contribution is -0.145. The fourth-order valence-electron chi connectivity index (χ4n) is 1.81.